The molecule has 2 amide bonds. The van der Waals surface area contributed by atoms with Gasteiger partial charge in [-0.3, -0.25) is 9.59 Å². The highest BCUT2D eigenvalue weighted by atomic mass is 16.5. The van der Waals surface area contributed by atoms with Crippen molar-refractivity contribution in [2.24, 2.45) is 5.92 Å². The molecular weight excluding hydrogens is 256 g/mol. The zero-order valence-electron chi connectivity index (χ0n) is 13.3. The minimum atomic E-state index is -0.385. The van der Waals surface area contributed by atoms with Gasteiger partial charge in [-0.25, -0.2) is 0 Å². The second kappa shape index (κ2) is 7.62. The van der Waals surface area contributed by atoms with Crippen LogP contribution in [0, 0.1) is 5.92 Å². The van der Waals surface area contributed by atoms with Gasteiger partial charge in [0.15, 0.2) is 0 Å². The lowest BCUT2D eigenvalue weighted by molar-refractivity contribution is -0.151. The number of hydrogen-bond acceptors (Lipinski definition) is 3. The van der Waals surface area contributed by atoms with Gasteiger partial charge in [-0.2, -0.15) is 0 Å². The average molecular weight is 284 g/mol. The van der Waals surface area contributed by atoms with Crippen LogP contribution >= 0.6 is 0 Å². The molecule has 0 radical (unpaired) electrons. The highest BCUT2D eigenvalue weighted by Crippen LogP contribution is 2.17. The molecule has 116 valence electrons. The van der Waals surface area contributed by atoms with Crippen molar-refractivity contribution in [1.29, 1.82) is 0 Å². The van der Waals surface area contributed by atoms with E-state index in [1.54, 1.807) is 4.90 Å². The van der Waals surface area contributed by atoms with Gasteiger partial charge in [0.2, 0.25) is 11.8 Å². The Hall–Kier alpha value is -1.10. The Kier molecular flexibility index (Phi) is 6.46. The zero-order valence-corrected chi connectivity index (χ0v) is 13.3. The highest BCUT2D eigenvalue weighted by molar-refractivity contribution is 5.96. The largest absolute Gasteiger partial charge is 0.377 e. The Morgan fingerprint density at radius 1 is 1.25 bits per heavy atom. The van der Waals surface area contributed by atoms with E-state index in [4.69, 9.17) is 4.74 Å². The van der Waals surface area contributed by atoms with E-state index >= 15 is 0 Å². The van der Waals surface area contributed by atoms with Crippen molar-refractivity contribution in [2.75, 3.05) is 13.2 Å². The average Bonchev–Trinajstić information content (AvgIpc) is 2.34. The van der Waals surface area contributed by atoms with Crippen molar-refractivity contribution in [1.82, 2.24) is 10.2 Å². The second-order valence-corrected chi connectivity index (χ2v) is 6.07. The number of rotatable bonds is 7. The molecule has 20 heavy (non-hydrogen) atoms. The van der Waals surface area contributed by atoms with Crippen LogP contribution in [0.2, 0.25) is 0 Å². The standard InChI is InChI=1S/C15H28N2O3/c1-6-13-14(18)16-12(9-10(2)3)15(19)17(13)7-8-20-11(4)5/h10-13H,6-9H2,1-5H3,(H,16,18). The topological polar surface area (TPSA) is 58.6 Å². The summed E-state index contributed by atoms with van der Waals surface area (Å²) in [5, 5.41) is 2.86. The van der Waals surface area contributed by atoms with E-state index in [2.05, 4.69) is 19.2 Å². The first-order valence-electron chi connectivity index (χ1n) is 7.59. The summed E-state index contributed by atoms with van der Waals surface area (Å²) in [7, 11) is 0. The Labute approximate surface area is 122 Å². The second-order valence-electron chi connectivity index (χ2n) is 6.07. The van der Waals surface area contributed by atoms with Crippen molar-refractivity contribution in [3.63, 3.8) is 0 Å². The van der Waals surface area contributed by atoms with E-state index in [1.165, 1.54) is 0 Å². The summed E-state index contributed by atoms with van der Waals surface area (Å²) in [5.74, 6) is 0.357. The summed E-state index contributed by atoms with van der Waals surface area (Å²) in [4.78, 5) is 26.3. The first kappa shape index (κ1) is 17.0. The molecule has 1 N–H and O–H groups in total. The minimum absolute atomic E-state index is 0.0255. The molecule has 2 unspecified atom stereocenters. The van der Waals surface area contributed by atoms with Crippen molar-refractivity contribution < 1.29 is 14.3 Å². The Morgan fingerprint density at radius 2 is 1.90 bits per heavy atom. The van der Waals surface area contributed by atoms with E-state index in [-0.39, 0.29) is 30.0 Å². The molecule has 1 fully saturated rings. The smallest absolute Gasteiger partial charge is 0.245 e. The SMILES string of the molecule is CCC1C(=O)NC(CC(C)C)C(=O)N1CCOC(C)C. The lowest BCUT2D eigenvalue weighted by atomic mass is 9.98. The molecule has 0 aromatic carbocycles. The molecule has 2 atom stereocenters. The van der Waals surface area contributed by atoms with Gasteiger partial charge in [-0.1, -0.05) is 20.8 Å². The third kappa shape index (κ3) is 4.47. The highest BCUT2D eigenvalue weighted by Gasteiger charge is 2.39. The van der Waals surface area contributed by atoms with Gasteiger partial charge < -0.3 is 15.0 Å². The molecule has 1 rings (SSSR count). The van der Waals surface area contributed by atoms with Crippen LogP contribution in [0.5, 0.6) is 0 Å². The van der Waals surface area contributed by atoms with Crippen LogP contribution in [0.1, 0.15) is 47.5 Å². The predicted molar refractivity (Wildman–Crippen MR) is 78.3 cm³/mol. The maximum Gasteiger partial charge on any atom is 0.245 e. The summed E-state index contributed by atoms with van der Waals surface area (Å²) in [5.41, 5.74) is 0. The van der Waals surface area contributed by atoms with Crippen molar-refractivity contribution in [3.8, 4) is 0 Å². The molecule has 0 aromatic rings. The molecule has 0 aliphatic carbocycles. The third-order valence-electron chi connectivity index (χ3n) is 3.45. The molecule has 0 aromatic heterocycles. The number of amides is 2. The van der Waals surface area contributed by atoms with E-state index in [9.17, 15) is 9.59 Å². The van der Waals surface area contributed by atoms with Gasteiger partial charge in [0.25, 0.3) is 0 Å². The summed E-state index contributed by atoms with van der Waals surface area (Å²) >= 11 is 0. The van der Waals surface area contributed by atoms with Gasteiger partial charge in [-0.15, -0.1) is 0 Å². The van der Waals surface area contributed by atoms with Gasteiger partial charge in [-0.05, 0) is 32.6 Å². The number of ether oxygens (including phenoxy) is 1. The van der Waals surface area contributed by atoms with Crippen LogP contribution < -0.4 is 5.32 Å². The third-order valence-corrected chi connectivity index (χ3v) is 3.45. The number of piperazine rings is 1. The first-order chi connectivity index (χ1) is 9.36. The van der Waals surface area contributed by atoms with Crippen molar-refractivity contribution in [2.45, 2.75) is 65.6 Å². The lowest BCUT2D eigenvalue weighted by Gasteiger charge is -2.39. The normalized spacial score (nSPS) is 23.6. The number of carbonyl (C=O) groups is 2. The molecular formula is C15H28N2O3. The molecule has 0 spiro atoms. The molecule has 0 saturated carbocycles. The maximum absolute atomic E-state index is 12.5. The van der Waals surface area contributed by atoms with Crippen LogP contribution in [0.25, 0.3) is 0 Å². The van der Waals surface area contributed by atoms with Crippen LogP contribution in [-0.4, -0.2) is 48.1 Å². The Bertz CT molecular complexity index is 342. The van der Waals surface area contributed by atoms with Gasteiger partial charge in [0.05, 0.1) is 12.7 Å². The van der Waals surface area contributed by atoms with Crippen molar-refractivity contribution >= 4 is 11.8 Å². The van der Waals surface area contributed by atoms with E-state index < -0.39 is 0 Å². The summed E-state index contributed by atoms with van der Waals surface area (Å²) in [6.07, 6.45) is 1.45. The van der Waals surface area contributed by atoms with Crippen LogP contribution in [0.15, 0.2) is 0 Å². The summed E-state index contributed by atoms with van der Waals surface area (Å²) in [6, 6.07) is -0.744. The first-order valence-corrected chi connectivity index (χ1v) is 7.59. The molecule has 5 nitrogen and oxygen atoms in total. The predicted octanol–water partition coefficient (Wildman–Crippen LogP) is 1.56. The Balaban J connectivity index is 2.72. The monoisotopic (exact) mass is 284 g/mol. The fourth-order valence-corrected chi connectivity index (χ4v) is 2.51. The van der Waals surface area contributed by atoms with Crippen LogP contribution in [0.4, 0.5) is 0 Å². The fourth-order valence-electron chi connectivity index (χ4n) is 2.51. The zero-order chi connectivity index (χ0) is 15.3. The lowest BCUT2D eigenvalue weighted by Crippen LogP contribution is -2.63. The van der Waals surface area contributed by atoms with Gasteiger partial charge in [0.1, 0.15) is 12.1 Å². The van der Waals surface area contributed by atoms with Crippen molar-refractivity contribution in [3.05, 3.63) is 0 Å². The van der Waals surface area contributed by atoms with Crippen LogP contribution in [-0.2, 0) is 14.3 Å². The van der Waals surface area contributed by atoms with Crippen LogP contribution in [0.3, 0.4) is 0 Å². The summed E-state index contributed by atoms with van der Waals surface area (Å²) < 4.78 is 5.51. The number of nitrogens with one attached hydrogen (secondary N) is 1. The molecule has 0 bridgehead atoms. The maximum atomic E-state index is 12.5. The number of hydrogen-bond donors (Lipinski definition) is 1. The van der Waals surface area contributed by atoms with Gasteiger partial charge >= 0.3 is 0 Å². The van der Waals surface area contributed by atoms with E-state index in [0.29, 0.717) is 31.9 Å². The number of nitrogens with zero attached hydrogens (tertiary/aromatic N) is 1. The Morgan fingerprint density at radius 3 is 2.40 bits per heavy atom. The molecule has 5 heteroatoms. The quantitative estimate of drug-likeness (QED) is 0.772. The van der Waals surface area contributed by atoms with E-state index in [0.717, 1.165) is 0 Å². The minimum Gasteiger partial charge on any atom is -0.377 e. The molecule has 1 aliphatic rings. The molecule has 1 heterocycles. The molecule has 1 aliphatic heterocycles. The molecule has 1 saturated heterocycles. The summed E-state index contributed by atoms with van der Waals surface area (Å²) in [6.45, 7) is 10.9. The van der Waals surface area contributed by atoms with E-state index in [1.807, 2.05) is 20.8 Å². The number of carbonyl (C=O) groups excluding carboxylic acids is 2. The fraction of sp³-hybridized carbons (Fsp3) is 0.867. The van der Waals surface area contributed by atoms with Gasteiger partial charge in [0, 0.05) is 6.54 Å².